The highest BCUT2D eigenvalue weighted by Crippen LogP contribution is 2.36. The van der Waals surface area contributed by atoms with E-state index in [0.29, 0.717) is 17.9 Å². The average Bonchev–Trinajstić information content (AvgIpc) is 2.63. The molecule has 0 unspecified atom stereocenters. The zero-order valence-corrected chi connectivity index (χ0v) is 15.6. The maximum atomic E-state index is 13.1. The van der Waals surface area contributed by atoms with E-state index in [0.717, 1.165) is 4.90 Å². The third-order valence-corrected chi connectivity index (χ3v) is 3.95. The Kier molecular flexibility index (Phi) is 7.01. The van der Waals surface area contributed by atoms with Crippen molar-refractivity contribution in [3.05, 3.63) is 58.4 Å². The largest absolute Gasteiger partial charge is 0.493 e. The maximum absolute atomic E-state index is 13.1. The number of hydrogen-bond acceptors (Lipinski definition) is 4. The first-order valence-corrected chi connectivity index (χ1v) is 8.49. The fourth-order valence-electron chi connectivity index (χ4n) is 2.48. The van der Waals surface area contributed by atoms with Gasteiger partial charge >= 0.3 is 5.97 Å². The van der Waals surface area contributed by atoms with Crippen molar-refractivity contribution in [1.82, 2.24) is 4.90 Å². The van der Waals surface area contributed by atoms with Crippen LogP contribution in [0.15, 0.2) is 36.4 Å². The molecule has 8 heteroatoms. The molecule has 0 aliphatic heterocycles. The van der Waals surface area contributed by atoms with Gasteiger partial charge in [-0.3, -0.25) is 9.59 Å². The SMILES string of the molecule is CCOc1c(Cl)cc(C(=O)N(CC(=O)O)Cc2ccc(F)cc2)cc1OC. The number of halogens is 2. The molecule has 0 saturated heterocycles. The number of aliphatic carboxylic acids is 1. The molecule has 0 fully saturated rings. The number of hydrogen-bond donors (Lipinski definition) is 1. The summed E-state index contributed by atoms with van der Waals surface area (Å²) < 4.78 is 23.7. The molecule has 0 heterocycles. The van der Waals surface area contributed by atoms with Gasteiger partial charge in [-0.15, -0.1) is 0 Å². The van der Waals surface area contributed by atoms with E-state index in [-0.39, 0.29) is 22.9 Å². The zero-order valence-electron chi connectivity index (χ0n) is 14.9. The van der Waals surface area contributed by atoms with Crippen molar-refractivity contribution in [3.63, 3.8) is 0 Å². The van der Waals surface area contributed by atoms with Crippen molar-refractivity contribution < 1.29 is 28.6 Å². The van der Waals surface area contributed by atoms with E-state index in [1.807, 2.05) is 0 Å². The Morgan fingerprint density at radius 1 is 1.22 bits per heavy atom. The Morgan fingerprint density at radius 2 is 1.89 bits per heavy atom. The van der Waals surface area contributed by atoms with Gasteiger partial charge in [-0.05, 0) is 36.8 Å². The van der Waals surface area contributed by atoms with Crippen LogP contribution < -0.4 is 9.47 Å². The molecule has 0 bridgehead atoms. The molecule has 0 aliphatic rings. The summed E-state index contributed by atoms with van der Waals surface area (Å²) in [6.07, 6.45) is 0. The highest BCUT2D eigenvalue weighted by molar-refractivity contribution is 6.32. The molecule has 1 N–H and O–H groups in total. The Morgan fingerprint density at radius 3 is 2.44 bits per heavy atom. The number of ether oxygens (including phenoxy) is 2. The molecule has 6 nitrogen and oxygen atoms in total. The molecule has 27 heavy (non-hydrogen) atoms. The van der Waals surface area contributed by atoms with Gasteiger partial charge in [-0.25, -0.2) is 4.39 Å². The number of carboxylic acid groups (broad SMARTS) is 1. The number of carbonyl (C=O) groups is 2. The first kappa shape index (κ1) is 20.5. The second-order valence-corrected chi connectivity index (χ2v) is 6.01. The molecule has 0 radical (unpaired) electrons. The van der Waals surface area contributed by atoms with E-state index in [9.17, 15) is 14.0 Å². The molecule has 0 saturated carbocycles. The number of rotatable bonds is 8. The van der Waals surface area contributed by atoms with Gasteiger partial charge in [-0.2, -0.15) is 0 Å². The number of amides is 1. The van der Waals surface area contributed by atoms with Gasteiger partial charge in [0.05, 0.1) is 18.7 Å². The van der Waals surface area contributed by atoms with E-state index >= 15 is 0 Å². The predicted molar refractivity (Wildman–Crippen MR) is 97.9 cm³/mol. The lowest BCUT2D eigenvalue weighted by Crippen LogP contribution is -2.35. The smallest absolute Gasteiger partial charge is 0.323 e. The third kappa shape index (κ3) is 5.34. The topological polar surface area (TPSA) is 76.1 Å². The minimum Gasteiger partial charge on any atom is -0.493 e. The fraction of sp³-hybridized carbons (Fsp3) is 0.263. The van der Waals surface area contributed by atoms with Gasteiger partial charge in [-0.1, -0.05) is 23.7 Å². The summed E-state index contributed by atoms with van der Waals surface area (Å²) in [7, 11) is 1.41. The molecule has 2 aromatic rings. The van der Waals surface area contributed by atoms with Crippen LogP contribution in [0.5, 0.6) is 11.5 Å². The van der Waals surface area contributed by atoms with E-state index in [1.165, 1.54) is 43.5 Å². The minimum atomic E-state index is -1.17. The summed E-state index contributed by atoms with van der Waals surface area (Å²) >= 11 is 6.19. The molecule has 144 valence electrons. The first-order valence-electron chi connectivity index (χ1n) is 8.11. The monoisotopic (exact) mass is 395 g/mol. The van der Waals surface area contributed by atoms with Crippen LogP contribution in [0, 0.1) is 5.82 Å². The van der Waals surface area contributed by atoms with E-state index in [1.54, 1.807) is 6.92 Å². The molecule has 2 aromatic carbocycles. The lowest BCUT2D eigenvalue weighted by molar-refractivity contribution is -0.137. The molecule has 0 spiro atoms. The van der Waals surface area contributed by atoms with Crippen LogP contribution in [0.25, 0.3) is 0 Å². The first-order chi connectivity index (χ1) is 12.8. The zero-order chi connectivity index (χ0) is 20.0. The van der Waals surface area contributed by atoms with Crippen LogP contribution in [0.2, 0.25) is 5.02 Å². The number of carboxylic acids is 1. The Bertz CT molecular complexity index is 826. The molecule has 2 rings (SSSR count). The number of benzene rings is 2. The lowest BCUT2D eigenvalue weighted by atomic mass is 10.1. The Hall–Kier alpha value is -2.80. The summed E-state index contributed by atoms with van der Waals surface area (Å²) in [5, 5.41) is 9.32. The highest BCUT2D eigenvalue weighted by atomic mass is 35.5. The van der Waals surface area contributed by atoms with Crippen molar-refractivity contribution in [1.29, 1.82) is 0 Å². The quantitative estimate of drug-likeness (QED) is 0.738. The summed E-state index contributed by atoms with van der Waals surface area (Å²) in [6.45, 7) is 1.62. The summed E-state index contributed by atoms with van der Waals surface area (Å²) in [5.41, 5.74) is 0.749. The van der Waals surface area contributed by atoms with Gasteiger partial charge < -0.3 is 19.5 Å². The highest BCUT2D eigenvalue weighted by Gasteiger charge is 2.22. The predicted octanol–water partition coefficient (Wildman–Crippen LogP) is 3.61. The van der Waals surface area contributed by atoms with Crippen molar-refractivity contribution in [2.24, 2.45) is 0 Å². The summed E-state index contributed by atoms with van der Waals surface area (Å²) in [4.78, 5) is 25.2. The van der Waals surface area contributed by atoms with Crippen LogP contribution in [-0.2, 0) is 11.3 Å². The number of methoxy groups -OCH3 is 1. The summed E-state index contributed by atoms with van der Waals surface area (Å²) in [5.74, 6) is -1.57. The molecular formula is C19H19ClFNO5. The molecular weight excluding hydrogens is 377 g/mol. The van der Waals surface area contributed by atoms with Crippen LogP contribution in [0.4, 0.5) is 4.39 Å². The van der Waals surface area contributed by atoms with E-state index in [4.69, 9.17) is 26.2 Å². The van der Waals surface area contributed by atoms with Gasteiger partial charge in [0.15, 0.2) is 11.5 Å². The van der Waals surface area contributed by atoms with Crippen molar-refractivity contribution in [2.45, 2.75) is 13.5 Å². The van der Waals surface area contributed by atoms with Crippen LogP contribution in [-0.4, -0.2) is 42.1 Å². The molecule has 0 aliphatic carbocycles. The van der Waals surface area contributed by atoms with Gasteiger partial charge in [0.25, 0.3) is 5.91 Å². The van der Waals surface area contributed by atoms with Gasteiger partial charge in [0.2, 0.25) is 0 Å². The van der Waals surface area contributed by atoms with Crippen molar-refractivity contribution >= 4 is 23.5 Å². The fourth-order valence-corrected chi connectivity index (χ4v) is 2.75. The lowest BCUT2D eigenvalue weighted by Gasteiger charge is -2.22. The number of carbonyl (C=O) groups excluding carboxylic acids is 1. The summed E-state index contributed by atoms with van der Waals surface area (Å²) in [6, 6.07) is 8.31. The maximum Gasteiger partial charge on any atom is 0.323 e. The van der Waals surface area contributed by atoms with Crippen molar-refractivity contribution in [2.75, 3.05) is 20.3 Å². The second-order valence-electron chi connectivity index (χ2n) is 5.60. The van der Waals surface area contributed by atoms with Gasteiger partial charge in [0, 0.05) is 12.1 Å². The van der Waals surface area contributed by atoms with Crippen LogP contribution in [0.1, 0.15) is 22.8 Å². The molecule has 1 amide bonds. The van der Waals surface area contributed by atoms with Crippen LogP contribution >= 0.6 is 11.6 Å². The van der Waals surface area contributed by atoms with E-state index in [2.05, 4.69) is 0 Å². The number of nitrogens with zero attached hydrogens (tertiary/aromatic N) is 1. The van der Waals surface area contributed by atoms with Gasteiger partial charge in [0.1, 0.15) is 12.4 Å². The average molecular weight is 396 g/mol. The Balaban J connectivity index is 2.35. The van der Waals surface area contributed by atoms with Crippen LogP contribution in [0.3, 0.4) is 0 Å². The molecule has 0 aromatic heterocycles. The Labute approximate surface area is 161 Å². The standard InChI is InChI=1S/C19H19ClFNO5/c1-3-27-18-15(20)8-13(9-16(18)26-2)19(25)22(11-17(23)24)10-12-4-6-14(21)7-5-12/h4-9H,3,10-11H2,1-2H3,(H,23,24). The minimum absolute atomic E-state index is 0.00143. The molecule has 0 atom stereocenters. The third-order valence-electron chi connectivity index (χ3n) is 3.67. The van der Waals surface area contributed by atoms with Crippen molar-refractivity contribution in [3.8, 4) is 11.5 Å². The second kappa shape index (κ2) is 9.23. The normalized spacial score (nSPS) is 10.4. The van der Waals surface area contributed by atoms with E-state index < -0.39 is 24.2 Å².